The molecule has 0 saturated heterocycles. The summed E-state index contributed by atoms with van der Waals surface area (Å²) in [5, 5.41) is 0. The predicted molar refractivity (Wildman–Crippen MR) is 84.2 cm³/mol. The van der Waals surface area contributed by atoms with E-state index in [1.165, 1.54) is 0 Å². The molecule has 1 atom stereocenters. The SMILES string of the molecule is C[C@H](N)c1cccc(OCCOc2cccc(Br)c2)c1. The predicted octanol–water partition coefficient (Wildman–Crippen LogP) is 3.93. The van der Waals surface area contributed by atoms with E-state index in [0.717, 1.165) is 21.5 Å². The van der Waals surface area contributed by atoms with Gasteiger partial charge in [-0.05, 0) is 42.8 Å². The van der Waals surface area contributed by atoms with Crippen LogP contribution >= 0.6 is 15.9 Å². The Morgan fingerprint density at radius 3 is 2.20 bits per heavy atom. The van der Waals surface area contributed by atoms with Gasteiger partial charge in [0.05, 0.1) is 0 Å². The first-order valence-corrected chi connectivity index (χ1v) is 7.31. The van der Waals surface area contributed by atoms with E-state index in [-0.39, 0.29) is 6.04 Å². The van der Waals surface area contributed by atoms with Gasteiger partial charge in [0.15, 0.2) is 0 Å². The van der Waals surface area contributed by atoms with Gasteiger partial charge in [-0.25, -0.2) is 0 Å². The Labute approximate surface area is 127 Å². The summed E-state index contributed by atoms with van der Waals surface area (Å²) >= 11 is 3.41. The standard InChI is InChI=1S/C16H18BrNO2/c1-12(18)13-4-2-6-15(10-13)19-8-9-20-16-7-3-5-14(17)11-16/h2-7,10-12H,8-9,18H2,1H3/t12-/m0/s1. The number of hydrogen-bond donors (Lipinski definition) is 1. The molecule has 0 heterocycles. The summed E-state index contributed by atoms with van der Waals surface area (Å²) in [6, 6.07) is 15.6. The zero-order valence-electron chi connectivity index (χ0n) is 11.4. The van der Waals surface area contributed by atoms with Crippen LogP contribution in [0.5, 0.6) is 11.5 Å². The third-order valence-corrected chi connectivity index (χ3v) is 3.29. The Morgan fingerprint density at radius 2 is 1.60 bits per heavy atom. The highest BCUT2D eigenvalue weighted by Crippen LogP contribution is 2.19. The van der Waals surface area contributed by atoms with Gasteiger partial charge in [0.2, 0.25) is 0 Å². The van der Waals surface area contributed by atoms with Crippen molar-refractivity contribution in [3.05, 3.63) is 58.6 Å². The molecule has 20 heavy (non-hydrogen) atoms. The van der Waals surface area contributed by atoms with E-state index in [1.54, 1.807) is 0 Å². The normalized spacial score (nSPS) is 11.9. The molecule has 0 aliphatic carbocycles. The van der Waals surface area contributed by atoms with Gasteiger partial charge in [-0.1, -0.05) is 34.1 Å². The van der Waals surface area contributed by atoms with Crippen molar-refractivity contribution < 1.29 is 9.47 Å². The molecule has 3 nitrogen and oxygen atoms in total. The van der Waals surface area contributed by atoms with Crippen molar-refractivity contribution in [3.8, 4) is 11.5 Å². The van der Waals surface area contributed by atoms with E-state index >= 15 is 0 Å². The number of nitrogens with two attached hydrogens (primary N) is 1. The maximum absolute atomic E-state index is 5.84. The average Bonchev–Trinajstić information content (AvgIpc) is 2.44. The van der Waals surface area contributed by atoms with Crippen molar-refractivity contribution in [3.63, 3.8) is 0 Å². The lowest BCUT2D eigenvalue weighted by Gasteiger charge is -2.11. The number of hydrogen-bond acceptors (Lipinski definition) is 3. The van der Waals surface area contributed by atoms with Crippen molar-refractivity contribution in [2.24, 2.45) is 5.73 Å². The molecule has 0 radical (unpaired) electrons. The molecule has 0 fully saturated rings. The molecular weight excluding hydrogens is 318 g/mol. The third-order valence-electron chi connectivity index (χ3n) is 2.80. The highest BCUT2D eigenvalue weighted by atomic mass is 79.9. The first kappa shape index (κ1) is 14.9. The van der Waals surface area contributed by atoms with E-state index < -0.39 is 0 Å². The lowest BCUT2D eigenvalue weighted by molar-refractivity contribution is 0.217. The molecule has 2 N–H and O–H groups in total. The molecule has 106 valence electrons. The first-order chi connectivity index (χ1) is 9.65. The summed E-state index contributed by atoms with van der Waals surface area (Å²) in [5.74, 6) is 1.64. The second-order valence-electron chi connectivity index (χ2n) is 4.52. The summed E-state index contributed by atoms with van der Waals surface area (Å²) in [4.78, 5) is 0. The minimum Gasteiger partial charge on any atom is -0.490 e. The Bertz CT molecular complexity index is 558. The Hall–Kier alpha value is -1.52. The quantitative estimate of drug-likeness (QED) is 0.813. The van der Waals surface area contributed by atoms with E-state index in [1.807, 2.05) is 55.5 Å². The molecule has 2 rings (SSSR count). The van der Waals surface area contributed by atoms with Crippen LogP contribution in [-0.4, -0.2) is 13.2 Å². The van der Waals surface area contributed by atoms with Gasteiger partial charge in [-0.2, -0.15) is 0 Å². The second kappa shape index (κ2) is 7.31. The van der Waals surface area contributed by atoms with E-state index in [0.29, 0.717) is 13.2 Å². The largest absolute Gasteiger partial charge is 0.490 e. The van der Waals surface area contributed by atoms with Crippen LogP contribution < -0.4 is 15.2 Å². The van der Waals surface area contributed by atoms with E-state index in [4.69, 9.17) is 15.2 Å². The van der Waals surface area contributed by atoms with Crippen molar-refractivity contribution >= 4 is 15.9 Å². The van der Waals surface area contributed by atoms with Gasteiger partial charge in [-0.15, -0.1) is 0 Å². The summed E-state index contributed by atoms with van der Waals surface area (Å²) in [5.41, 5.74) is 6.91. The summed E-state index contributed by atoms with van der Waals surface area (Å²) in [7, 11) is 0. The number of halogens is 1. The van der Waals surface area contributed by atoms with Crippen LogP contribution in [0.1, 0.15) is 18.5 Å². The summed E-state index contributed by atoms with van der Waals surface area (Å²) in [6.45, 7) is 2.95. The van der Waals surface area contributed by atoms with Gasteiger partial charge in [0.25, 0.3) is 0 Å². The molecule has 4 heteroatoms. The molecule has 0 aliphatic heterocycles. The Morgan fingerprint density at radius 1 is 1.00 bits per heavy atom. The van der Waals surface area contributed by atoms with E-state index in [2.05, 4.69) is 15.9 Å². The zero-order valence-corrected chi connectivity index (χ0v) is 13.0. The molecule has 0 unspecified atom stereocenters. The van der Waals surface area contributed by atoms with Crippen LogP contribution in [0.3, 0.4) is 0 Å². The van der Waals surface area contributed by atoms with Gasteiger partial charge in [0, 0.05) is 10.5 Å². The van der Waals surface area contributed by atoms with Crippen LogP contribution in [0.25, 0.3) is 0 Å². The fourth-order valence-electron chi connectivity index (χ4n) is 1.76. The maximum atomic E-state index is 5.84. The van der Waals surface area contributed by atoms with Crippen LogP contribution in [0.15, 0.2) is 53.0 Å². The van der Waals surface area contributed by atoms with Crippen LogP contribution in [0, 0.1) is 0 Å². The molecular formula is C16H18BrNO2. The van der Waals surface area contributed by atoms with Gasteiger partial charge in [-0.3, -0.25) is 0 Å². The summed E-state index contributed by atoms with van der Waals surface area (Å²) in [6.07, 6.45) is 0. The highest BCUT2D eigenvalue weighted by molar-refractivity contribution is 9.10. The van der Waals surface area contributed by atoms with Crippen molar-refractivity contribution in [2.45, 2.75) is 13.0 Å². The highest BCUT2D eigenvalue weighted by Gasteiger charge is 2.01. The molecule has 0 saturated carbocycles. The monoisotopic (exact) mass is 335 g/mol. The smallest absolute Gasteiger partial charge is 0.122 e. The van der Waals surface area contributed by atoms with Crippen molar-refractivity contribution in [2.75, 3.05) is 13.2 Å². The Kier molecular flexibility index (Phi) is 5.44. The molecule has 0 spiro atoms. The molecule has 0 aromatic heterocycles. The maximum Gasteiger partial charge on any atom is 0.122 e. The lowest BCUT2D eigenvalue weighted by Crippen LogP contribution is -2.10. The minimum absolute atomic E-state index is 0.0106. The molecule has 2 aromatic rings. The molecule has 0 amide bonds. The fraction of sp³-hybridized carbons (Fsp3) is 0.250. The van der Waals surface area contributed by atoms with Crippen LogP contribution in [-0.2, 0) is 0 Å². The molecule has 0 aliphatic rings. The Balaban J connectivity index is 1.80. The topological polar surface area (TPSA) is 44.5 Å². The third kappa shape index (κ3) is 4.54. The van der Waals surface area contributed by atoms with Crippen molar-refractivity contribution in [1.82, 2.24) is 0 Å². The van der Waals surface area contributed by atoms with Crippen molar-refractivity contribution in [1.29, 1.82) is 0 Å². The lowest BCUT2D eigenvalue weighted by atomic mass is 10.1. The molecule has 0 bridgehead atoms. The number of rotatable bonds is 6. The van der Waals surface area contributed by atoms with Gasteiger partial charge in [0.1, 0.15) is 24.7 Å². The molecule has 2 aromatic carbocycles. The average molecular weight is 336 g/mol. The van der Waals surface area contributed by atoms with Gasteiger partial charge >= 0.3 is 0 Å². The van der Waals surface area contributed by atoms with Gasteiger partial charge < -0.3 is 15.2 Å². The second-order valence-corrected chi connectivity index (χ2v) is 5.43. The van der Waals surface area contributed by atoms with Crippen LogP contribution in [0.4, 0.5) is 0 Å². The summed E-state index contributed by atoms with van der Waals surface area (Å²) < 4.78 is 12.3. The van der Waals surface area contributed by atoms with E-state index in [9.17, 15) is 0 Å². The zero-order chi connectivity index (χ0) is 14.4. The minimum atomic E-state index is 0.0106. The first-order valence-electron chi connectivity index (χ1n) is 6.52. The number of ether oxygens (including phenoxy) is 2. The number of benzene rings is 2. The fourth-order valence-corrected chi connectivity index (χ4v) is 2.14. The van der Waals surface area contributed by atoms with Crippen LogP contribution in [0.2, 0.25) is 0 Å².